The van der Waals surface area contributed by atoms with E-state index in [9.17, 15) is 9.18 Å². The van der Waals surface area contributed by atoms with Crippen molar-refractivity contribution in [2.24, 2.45) is 0 Å². The van der Waals surface area contributed by atoms with Crippen LogP contribution in [-0.4, -0.2) is 22.7 Å². The van der Waals surface area contributed by atoms with Gasteiger partial charge in [-0.3, -0.25) is 4.79 Å². The SMILES string of the molecule is CC(Sc1ccc(F)cc1)N1CCCC1=O. The molecule has 1 aromatic carbocycles. The molecule has 1 aliphatic heterocycles. The molecular formula is C12H14FNOS. The Hall–Kier alpha value is -1.03. The molecule has 1 aromatic rings. The Balaban J connectivity index is 1.98. The highest BCUT2D eigenvalue weighted by atomic mass is 32.2. The average Bonchev–Trinajstić information content (AvgIpc) is 2.68. The summed E-state index contributed by atoms with van der Waals surface area (Å²) >= 11 is 1.59. The minimum absolute atomic E-state index is 0.125. The number of rotatable bonds is 3. The largest absolute Gasteiger partial charge is 0.331 e. The molecule has 2 rings (SSSR count). The standard InChI is InChI=1S/C12H14FNOS/c1-9(14-8-2-3-12(14)15)16-11-6-4-10(13)5-7-11/h4-7,9H,2-3,8H2,1H3. The first-order valence-corrected chi connectivity index (χ1v) is 6.26. The molecule has 1 aliphatic rings. The molecular weight excluding hydrogens is 225 g/mol. The van der Waals surface area contributed by atoms with Crippen molar-refractivity contribution in [3.05, 3.63) is 30.1 Å². The van der Waals surface area contributed by atoms with Gasteiger partial charge in [0.15, 0.2) is 0 Å². The lowest BCUT2D eigenvalue weighted by atomic mass is 10.4. The number of carbonyl (C=O) groups excluding carboxylic acids is 1. The van der Waals surface area contributed by atoms with Crippen molar-refractivity contribution in [1.82, 2.24) is 4.90 Å². The average molecular weight is 239 g/mol. The molecule has 1 unspecified atom stereocenters. The lowest BCUT2D eigenvalue weighted by Gasteiger charge is -2.23. The number of hydrogen-bond acceptors (Lipinski definition) is 2. The molecule has 16 heavy (non-hydrogen) atoms. The van der Waals surface area contributed by atoms with Gasteiger partial charge < -0.3 is 4.90 Å². The fraction of sp³-hybridized carbons (Fsp3) is 0.417. The molecule has 0 radical (unpaired) electrons. The molecule has 0 spiro atoms. The predicted octanol–water partition coefficient (Wildman–Crippen LogP) is 2.89. The summed E-state index contributed by atoms with van der Waals surface area (Å²) in [6.07, 6.45) is 1.61. The van der Waals surface area contributed by atoms with Crippen molar-refractivity contribution in [2.45, 2.75) is 30.0 Å². The highest BCUT2D eigenvalue weighted by molar-refractivity contribution is 7.99. The van der Waals surface area contributed by atoms with Gasteiger partial charge in [0, 0.05) is 17.9 Å². The van der Waals surface area contributed by atoms with Crippen LogP contribution in [0.3, 0.4) is 0 Å². The van der Waals surface area contributed by atoms with Crippen LogP contribution in [0.25, 0.3) is 0 Å². The van der Waals surface area contributed by atoms with E-state index in [4.69, 9.17) is 0 Å². The third-order valence-electron chi connectivity index (χ3n) is 2.67. The number of halogens is 1. The fourth-order valence-electron chi connectivity index (χ4n) is 1.83. The maximum atomic E-state index is 12.7. The van der Waals surface area contributed by atoms with E-state index in [1.807, 2.05) is 11.8 Å². The molecule has 0 bridgehead atoms. The predicted molar refractivity (Wildman–Crippen MR) is 62.7 cm³/mol. The van der Waals surface area contributed by atoms with Crippen LogP contribution in [0.5, 0.6) is 0 Å². The first kappa shape index (κ1) is 11.5. The Kier molecular flexibility index (Phi) is 3.49. The molecule has 1 amide bonds. The van der Waals surface area contributed by atoms with Gasteiger partial charge in [0.25, 0.3) is 0 Å². The van der Waals surface area contributed by atoms with Gasteiger partial charge in [-0.25, -0.2) is 4.39 Å². The molecule has 0 aromatic heterocycles. The molecule has 4 heteroatoms. The van der Waals surface area contributed by atoms with Gasteiger partial charge in [0.05, 0.1) is 5.37 Å². The summed E-state index contributed by atoms with van der Waals surface area (Å²) in [5.41, 5.74) is 0. The van der Waals surface area contributed by atoms with Gasteiger partial charge in [-0.15, -0.1) is 11.8 Å². The Bertz CT molecular complexity index is 379. The van der Waals surface area contributed by atoms with Crippen molar-refractivity contribution < 1.29 is 9.18 Å². The summed E-state index contributed by atoms with van der Waals surface area (Å²) < 4.78 is 12.7. The van der Waals surface area contributed by atoms with Crippen LogP contribution in [0, 0.1) is 5.82 Å². The lowest BCUT2D eigenvalue weighted by Crippen LogP contribution is -2.31. The molecule has 2 nitrogen and oxygen atoms in total. The number of nitrogens with zero attached hydrogens (tertiary/aromatic N) is 1. The molecule has 0 N–H and O–H groups in total. The second kappa shape index (κ2) is 4.87. The smallest absolute Gasteiger partial charge is 0.223 e. The Morgan fingerprint density at radius 1 is 1.38 bits per heavy atom. The van der Waals surface area contributed by atoms with Crippen LogP contribution in [0.15, 0.2) is 29.2 Å². The quantitative estimate of drug-likeness (QED) is 0.756. The van der Waals surface area contributed by atoms with Gasteiger partial charge in [-0.2, -0.15) is 0 Å². The van der Waals surface area contributed by atoms with Crippen LogP contribution >= 0.6 is 11.8 Å². The molecule has 0 aliphatic carbocycles. The normalized spacial score (nSPS) is 17.9. The maximum absolute atomic E-state index is 12.7. The summed E-state index contributed by atoms with van der Waals surface area (Å²) in [5.74, 6) is -0.00337. The summed E-state index contributed by atoms with van der Waals surface area (Å²) in [5, 5.41) is 0.125. The minimum atomic E-state index is -0.228. The Labute approximate surface area is 98.8 Å². The third kappa shape index (κ3) is 2.55. The number of carbonyl (C=O) groups is 1. The second-order valence-electron chi connectivity index (χ2n) is 3.86. The molecule has 1 fully saturated rings. The highest BCUT2D eigenvalue weighted by Gasteiger charge is 2.25. The van der Waals surface area contributed by atoms with Gasteiger partial charge in [0.1, 0.15) is 5.82 Å². The third-order valence-corrected chi connectivity index (χ3v) is 3.81. The van der Waals surface area contributed by atoms with Crippen molar-refractivity contribution in [2.75, 3.05) is 6.54 Å². The molecule has 1 saturated heterocycles. The number of thioether (sulfide) groups is 1. The van der Waals surface area contributed by atoms with Crippen LogP contribution < -0.4 is 0 Å². The topological polar surface area (TPSA) is 20.3 Å². The maximum Gasteiger partial charge on any atom is 0.223 e. The number of hydrogen-bond donors (Lipinski definition) is 0. The van der Waals surface area contributed by atoms with E-state index in [2.05, 4.69) is 0 Å². The van der Waals surface area contributed by atoms with Crippen molar-refractivity contribution >= 4 is 17.7 Å². The van der Waals surface area contributed by atoms with E-state index in [-0.39, 0.29) is 17.1 Å². The molecule has 1 heterocycles. The zero-order valence-corrected chi connectivity index (χ0v) is 9.97. The second-order valence-corrected chi connectivity index (χ2v) is 5.25. The van der Waals surface area contributed by atoms with Crippen LogP contribution in [-0.2, 0) is 4.79 Å². The van der Waals surface area contributed by atoms with E-state index in [1.54, 1.807) is 23.9 Å². The fourth-order valence-corrected chi connectivity index (χ4v) is 2.86. The zero-order chi connectivity index (χ0) is 11.5. The number of amides is 1. The molecule has 1 atom stereocenters. The zero-order valence-electron chi connectivity index (χ0n) is 9.15. The first-order valence-electron chi connectivity index (χ1n) is 5.38. The summed E-state index contributed by atoms with van der Waals surface area (Å²) in [6, 6.07) is 6.38. The van der Waals surface area contributed by atoms with E-state index in [0.717, 1.165) is 17.9 Å². The lowest BCUT2D eigenvalue weighted by molar-refractivity contribution is -0.128. The van der Waals surface area contributed by atoms with Gasteiger partial charge >= 0.3 is 0 Å². The van der Waals surface area contributed by atoms with Gasteiger partial charge in [-0.1, -0.05) is 0 Å². The van der Waals surface area contributed by atoms with Crippen LogP contribution in [0.2, 0.25) is 0 Å². The first-order chi connectivity index (χ1) is 7.66. The van der Waals surface area contributed by atoms with Gasteiger partial charge in [0.2, 0.25) is 5.91 Å². The van der Waals surface area contributed by atoms with Crippen molar-refractivity contribution in [3.63, 3.8) is 0 Å². The van der Waals surface area contributed by atoms with Crippen molar-refractivity contribution in [1.29, 1.82) is 0 Å². The van der Waals surface area contributed by atoms with E-state index < -0.39 is 0 Å². The van der Waals surface area contributed by atoms with Crippen molar-refractivity contribution in [3.8, 4) is 0 Å². The summed E-state index contributed by atoms with van der Waals surface area (Å²) in [6.45, 7) is 2.85. The summed E-state index contributed by atoms with van der Waals surface area (Å²) in [4.78, 5) is 14.4. The number of benzene rings is 1. The van der Waals surface area contributed by atoms with E-state index in [0.29, 0.717) is 6.42 Å². The van der Waals surface area contributed by atoms with Gasteiger partial charge in [-0.05, 0) is 37.6 Å². The number of likely N-dealkylation sites (tertiary alicyclic amines) is 1. The van der Waals surface area contributed by atoms with Crippen LogP contribution in [0.4, 0.5) is 4.39 Å². The Morgan fingerprint density at radius 2 is 2.06 bits per heavy atom. The van der Waals surface area contributed by atoms with Crippen LogP contribution in [0.1, 0.15) is 19.8 Å². The minimum Gasteiger partial charge on any atom is -0.331 e. The van der Waals surface area contributed by atoms with E-state index in [1.165, 1.54) is 12.1 Å². The molecule has 86 valence electrons. The molecule has 0 saturated carbocycles. The highest BCUT2D eigenvalue weighted by Crippen LogP contribution is 2.28. The monoisotopic (exact) mass is 239 g/mol. The van der Waals surface area contributed by atoms with E-state index >= 15 is 0 Å². The summed E-state index contributed by atoms with van der Waals surface area (Å²) in [7, 11) is 0. The Morgan fingerprint density at radius 3 is 2.62 bits per heavy atom.